The topological polar surface area (TPSA) is 72.5 Å². The number of aliphatic carboxylic acids is 1. The summed E-state index contributed by atoms with van der Waals surface area (Å²) in [5, 5.41) is 8.83. The van der Waals surface area contributed by atoms with Crippen LogP contribution in [0.1, 0.15) is 11.3 Å². The van der Waals surface area contributed by atoms with Crippen LogP contribution in [0.25, 0.3) is 0 Å². The van der Waals surface area contributed by atoms with Crippen molar-refractivity contribution >= 4 is 28.9 Å². The fourth-order valence-corrected chi connectivity index (χ4v) is 3.03. The number of halogens is 1. The minimum absolute atomic E-state index is 0.254. The van der Waals surface area contributed by atoms with E-state index in [1.54, 1.807) is 0 Å². The molecule has 1 atom stereocenters. The molecule has 0 aromatic carbocycles. The highest BCUT2D eigenvalue weighted by Gasteiger charge is 2.43. The molecular weight excluding hydrogens is 250 g/mol. The number of ether oxygens (including phenoxy) is 1. The molecule has 0 bridgehead atoms. The molecule has 2 heterocycles. The fraction of sp³-hybridized carbons (Fsp3) is 0.500. The Morgan fingerprint density at radius 1 is 1.69 bits per heavy atom. The maximum atomic E-state index is 10.8. The van der Waals surface area contributed by atoms with Gasteiger partial charge in [0.25, 0.3) is 0 Å². The molecule has 1 fully saturated rings. The maximum absolute atomic E-state index is 10.8. The predicted octanol–water partition coefficient (Wildman–Crippen LogP) is 1.47. The highest BCUT2D eigenvalue weighted by molar-refractivity contribution is 7.16. The van der Waals surface area contributed by atoms with E-state index in [0.29, 0.717) is 24.0 Å². The van der Waals surface area contributed by atoms with E-state index in [4.69, 9.17) is 27.2 Å². The quantitative estimate of drug-likeness (QED) is 0.861. The smallest absolute Gasteiger partial charge is 0.320 e. The SMILES string of the molecule is NC(CC1(c2ccc(Cl)s2)COC1)C(=O)O. The molecule has 0 amide bonds. The predicted molar refractivity (Wildman–Crippen MR) is 62.1 cm³/mol. The molecule has 4 nitrogen and oxygen atoms in total. The van der Waals surface area contributed by atoms with E-state index < -0.39 is 12.0 Å². The van der Waals surface area contributed by atoms with Gasteiger partial charge in [-0.2, -0.15) is 0 Å². The van der Waals surface area contributed by atoms with Gasteiger partial charge >= 0.3 is 5.97 Å². The summed E-state index contributed by atoms with van der Waals surface area (Å²) in [7, 11) is 0. The van der Waals surface area contributed by atoms with Gasteiger partial charge < -0.3 is 15.6 Å². The van der Waals surface area contributed by atoms with E-state index in [-0.39, 0.29) is 5.41 Å². The lowest BCUT2D eigenvalue weighted by Crippen LogP contribution is -2.51. The summed E-state index contributed by atoms with van der Waals surface area (Å²) in [5.74, 6) is -0.978. The number of rotatable bonds is 4. The molecule has 1 aliphatic rings. The van der Waals surface area contributed by atoms with Gasteiger partial charge in [-0.25, -0.2) is 0 Å². The first-order valence-corrected chi connectivity index (χ1v) is 6.05. The van der Waals surface area contributed by atoms with Gasteiger partial charge in [0.1, 0.15) is 6.04 Å². The molecule has 2 rings (SSSR count). The second-order valence-corrected chi connectivity index (χ2v) is 5.74. The zero-order chi connectivity index (χ0) is 11.8. The lowest BCUT2D eigenvalue weighted by molar-refractivity contribution is -0.141. The van der Waals surface area contributed by atoms with Crippen LogP contribution in [0.4, 0.5) is 0 Å². The largest absolute Gasteiger partial charge is 0.480 e. The number of nitrogens with two attached hydrogens (primary N) is 1. The van der Waals surface area contributed by atoms with Crippen LogP contribution in [-0.4, -0.2) is 30.3 Å². The van der Waals surface area contributed by atoms with Crippen molar-refractivity contribution < 1.29 is 14.6 Å². The van der Waals surface area contributed by atoms with Crippen LogP contribution < -0.4 is 5.73 Å². The zero-order valence-electron chi connectivity index (χ0n) is 8.48. The van der Waals surface area contributed by atoms with Crippen molar-refractivity contribution in [2.45, 2.75) is 17.9 Å². The Bertz CT molecular complexity index is 403. The Balaban J connectivity index is 2.17. The van der Waals surface area contributed by atoms with E-state index >= 15 is 0 Å². The summed E-state index contributed by atoms with van der Waals surface area (Å²) in [6.45, 7) is 1.04. The zero-order valence-corrected chi connectivity index (χ0v) is 10.1. The molecule has 16 heavy (non-hydrogen) atoms. The number of hydrogen-bond acceptors (Lipinski definition) is 4. The van der Waals surface area contributed by atoms with Gasteiger partial charge in [0.05, 0.1) is 23.0 Å². The first-order valence-electron chi connectivity index (χ1n) is 4.85. The third-order valence-electron chi connectivity index (χ3n) is 2.78. The van der Waals surface area contributed by atoms with Gasteiger partial charge in [-0.05, 0) is 18.6 Å². The van der Waals surface area contributed by atoms with Crippen LogP contribution in [0.2, 0.25) is 4.34 Å². The molecule has 6 heteroatoms. The first kappa shape index (κ1) is 11.9. The number of hydrogen-bond donors (Lipinski definition) is 2. The summed E-state index contributed by atoms with van der Waals surface area (Å²) in [6.07, 6.45) is 0.388. The van der Waals surface area contributed by atoms with Gasteiger partial charge in [0.15, 0.2) is 0 Å². The van der Waals surface area contributed by atoms with Crippen molar-refractivity contribution in [3.05, 3.63) is 21.3 Å². The molecular formula is C10H12ClNO3S. The molecule has 0 radical (unpaired) electrons. The van der Waals surface area contributed by atoms with Crippen molar-refractivity contribution in [1.29, 1.82) is 0 Å². The minimum atomic E-state index is -0.978. The van der Waals surface area contributed by atoms with Crippen LogP contribution in [0.5, 0.6) is 0 Å². The highest BCUT2D eigenvalue weighted by atomic mass is 35.5. The number of carboxylic acids is 1. The van der Waals surface area contributed by atoms with Crippen molar-refractivity contribution in [3.8, 4) is 0 Å². The summed E-state index contributed by atoms with van der Waals surface area (Å²) in [5.41, 5.74) is 5.32. The molecule has 1 saturated heterocycles. The molecule has 0 aliphatic carbocycles. The van der Waals surface area contributed by atoms with Crippen LogP contribution in [0, 0.1) is 0 Å². The van der Waals surface area contributed by atoms with Crippen molar-refractivity contribution in [3.63, 3.8) is 0 Å². The average Bonchev–Trinajstić information content (AvgIpc) is 2.58. The lowest BCUT2D eigenvalue weighted by atomic mass is 9.78. The van der Waals surface area contributed by atoms with Crippen LogP contribution in [0.3, 0.4) is 0 Å². The van der Waals surface area contributed by atoms with Crippen LogP contribution >= 0.6 is 22.9 Å². The molecule has 3 N–H and O–H groups in total. The summed E-state index contributed by atoms with van der Waals surface area (Å²) >= 11 is 7.34. The normalized spacial score (nSPS) is 20.1. The Labute approximate surface area is 102 Å². The monoisotopic (exact) mass is 261 g/mol. The van der Waals surface area contributed by atoms with Crippen LogP contribution in [0.15, 0.2) is 12.1 Å². The summed E-state index contributed by atoms with van der Waals surface area (Å²) in [4.78, 5) is 11.8. The maximum Gasteiger partial charge on any atom is 0.320 e. The Kier molecular flexibility index (Phi) is 3.21. The summed E-state index contributed by atoms with van der Waals surface area (Å²) in [6, 6.07) is 2.88. The minimum Gasteiger partial charge on any atom is -0.480 e. The second kappa shape index (κ2) is 4.33. The second-order valence-electron chi connectivity index (χ2n) is 4.03. The van der Waals surface area contributed by atoms with E-state index in [2.05, 4.69) is 0 Å². The molecule has 0 saturated carbocycles. The Morgan fingerprint density at radius 3 is 2.75 bits per heavy atom. The summed E-state index contributed by atoms with van der Waals surface area (Å²) < 4.78 is 5.90. The van der Waals surface area contributed by atoms with Crippen molar-refractivity contribution in [2.24, 2.45) is 5.73 Å². The van der Waals surface area contributed by atoms with Gasteiger partial charge in [0.2, 0.25) is 0 Å². The average molecular weight is 262 g/mol. The first-order chi connectivity index (χ1) is 7.53. The number of carboxylic acid groups (broad SMARTS) is 1. The van der Waals surface area contributed by atoms with E-state index in [9.17, 15) is 4.79 Å². The molecule has 1 unspecified atom stereocenters. The van der Waals surface area contributed by atoms with Gasteiger partial charge in [0, 0.05) is 4.88 Å². The van der Waals surface area contributed by atoms with Crippen LogP contribution in [-0.2, 0) is 14.9 Å². The van der Waals surface area contributed by atoms with Gasteiger partial charge in [-0.1, -0.05) is 11.6 Å². The van der Waals surface area contributed by atoms with Gasteiger partial charge in [-0.15, -0.1) is 11.3 Å². The van der Waals surface area contributed by atoms with E-state index in [0.717, 1.165) is 4.88 Å². The number of carbonyl (C=O) groups is 1. The molecule has 1 aromatic heterocycles. The Morgan fingerprint density at radius 2 is 2.38 bits per heavy atom. The molecule has 88 valence electrons. The standard InChI is InChI=1S/C10H12ClNO3S/c11-8-2-1-7(16-8)10(4-15-5-10)3-6(12)9(13)14/h1-2,6H,3-5,12H2,(H,13,14). The third kappa shape index (κ3) is 2.08. The number of thiophene rings is 1. The third-order valence-corrected chi connectivity index (χ3v) is 4.26. The highest BCUT2D eigenvalue weighted by Crippen LogP contribution is 2.41. The molecule has 0 spiro atoms. The van der Waals surface area contributed by atoms with E-state index in [1.165, 1.54) is 11.3 Å². The van der Waals surface area contributed by atoms with Crippen molar-refractivity contribution in [2.75, 3.05) is 13.2 Å². The van der Waals surface area contributed by atoms with E-state index in [1.807, 2.05) is 12.1 Å². The molecule has 1 aliphatic heterocycles. The van der Waals surface area contributed by atoms with Crippen molar-refractivity contribution in [1.82, 2.24) is 0 Å². The Hall–Kier alpha value is -0.620. The van der Waals surface area contributed by atoms with Gasteiger partial charge in [-0.3, -0.25) is 4.79 Å². The fourth-order valence-electron chi connectivity index (χ4n) is 1.82. The lowest BCUT2D eigenvalue weighted by Gasteiger charge is -2.41. The molecule has 1 aromatic rings.